The third-order valence-corrected chi connectivity index (χ3v) is 4.27. The van der Waals surface area contributed by atoms with E-state index in [1.807, 2.05) is 0 Å². The summed E-state index contributed by atoms with van der Waals surface area (Å²) in [5.41, 5.74) is 0.886. The number of sulfonamides is 1. The molecule has 1 aromatic rings. The van der Waals surface area contributed by atoms with Gasteiger partial charge in [0.15, 0.2) is 0 Å². The lowest BCUT2D eigenvalue weighted by atomic mass is 10.1. The van der Waals surface area contributed by atoms with E-state index in [1.54, 1.807) is 13.0 Å². The van der Waals surface area contributed by atoms with E-state index in [9.17, 15) is 13.2 Å². The highest BCUT2D eigenvalue weighted by Crippen LogP contribution is 2.26. The third kappa shape index (κ3) is 2.60. The van der Waals surface area contributed by atoms with Crippen molar-refractivity contribution in [2.45, 2.75) is 11.8 Å². The number of hydrogen-bond donors (Lipinski definition) is 2. The SMILES string of the molecule is CNC(=O)c1cc(C)c(Br)c(S(N)(=O)=O)c1. The van der Waals surface area contributed by atoms with E-state index in [2.05, 4.69) is 21.2 Å². The van der Waals surface area contributed by atoms with E-state index in [-0.39, 0.29) is 16.4 Å². The molecule has 0 saturated carbocycles. The van der Waals surface area contributed by atoms with E-state index in [0.29, 0.717) is 10.0 Å². The molecule has 0 saturated heterocycles. The van der Waals surface area contributed by atoms with Crippen molar-refractivity contribution in [3.05, 3.63) is 27.7 Å². The maximum atomic E-state index is 11.4. The minimum atomic E-state index is -3.85. The molecular formula is C9H11BrN2O3S. The molecule has 0 heterocycles. The van der Waals surface area contributed by atoms with Gasteiger partial charge in [0.1, 0.15) is 0 Å². The molecule has 0 aliphatic rings. The van der Waals surface area contributed by atoms with Gasteiger partial charge in [-0.1, -0.05) is 0 Å². The molecule has 16 heavy (non-hydrogen) atoms. The van der Waals surface area contributed by atoms with Crippen LogP contribution in [-0.2, 0) is 10.0 Å². The van der Waals surface area contributed by atoms with E-state index in [1.165, 1.54) is 13.1 Å². The molecule has 88 valence electrons. The van der Waals surface area contributed by atoms with Gasteiger partial charge in [-0.3, -0.25) is 4.79 Å². The quantitative estimate of drug-likeness (QED) is 0.845. The van der Waals surface area contributed by atoms with E-state index in [0.717, 1.165) is 0 Å². The molecule has 7 heteroatoms. The second-order valence-corrected chi connectivity index (χ2v) is 5.55. The van der Waals surface area contributed by atoms with E-state index in [4.69, 9.17) is 5.14 Å². The topological polar surface area (TPSA) is 89.3 Å². The molecule has 3 N–H and O–H groups in total. The number of aryl methyl sites for hydroxylation is 1. The number of halogens is 1. The number of benzene rings is 1. The van der Waals surface area contributed by atoms with Gasteiger partial charge in [0.25, 0.3) is 5.91 Å². The summed E-state index contributed by atoms with van der Waals surface area (Å²) in [6.07, 6.45) is 0. The molecule has 0 radical (unpaired) electrons. The van der Waals surface area contributed by atoms with Crippen LogP contribution in [0.5, 0.6) is 0 Å². The molecule has 0 unspecified atom stereocenters. The number of nitrogens with one attached hydrogen (secondary N) is 1. The van der Waals surface area contributed by atoms with Crippen molar-refractivity contribution in [1.29, 1.82) is 0 Å². The van der Waals surface area contributed by atoms with Crippen LogP contribution in [0, 0.1) is 6.92 Å². The van der Waals surface area contributed by atoms with Crippen LogP contribution in [0.1, 0.15) is 15.9 Å². The van der Waals surface area contributed by atoms with Gasteiger partial charge in [0.05, 0.1) is 4.90 Å². The Bertz CT molecular complexity index is 540. The van der Waals surface area contributed by atoms with Gasteiger partial charge < -0.3 is 5.32 Å². The number of rotatable bonds is 2. The van der Waals surface area contributed by atoms with Crippen LogP contribution in [0.2, 0.25) is 0 Å². The van der Waals surface area contributed by atoms with Gasteiger partial charge in [-0.15, -0.1) is 0 Å². The highest BCUT2D eigenvalue weighted by atomic mass is 79.9. The third-order valence-electron chi connectivity index (χ3n) is 2.02. The normalized spacial score (nSPS) is 11.2. The first-order valence-electron chi connectivity index (χ1n) is 4.32. The maximum absolute atomic E-state index is 11.4. The van der Waals surface area contributed by atoms with Crippen LogP contribution in [0.4, 0.5) is 0 Å². The van der Waals surface area contributed by atoms with Crippen molar-refractivity contribution in [2.75, 3.05) is 7.05 Å². The molecule has 0 aliphatic heterocycles. The molecule has 0 fully saturated rings. The van der Waals surface area contributed by atoms with Crippen molar-refractivity contribution >= 4 is 31.9 Å². The summed E-state index contributed by atoms with van der Waals surface area (Å²) in [7, 11) is -2.38. The van der Waals surface area contributed by atoms with Gasteiger partial charge in [0, 0.05) is 17.1 Å². The fraction of sp³-hybridized carbons (Fsp3) is 0.222. The second kappa shape index (κ2) is 4.52. The lowest BCUT2D eigenvalue weighted by Crippen LogP contribution is -2.20. The van der Waals surface area contributed by atoms with Crippen molar-refractivity contribution in [2.24, 2.45) is 5.14 Å². The zero-order valence-corrected chi connectivity index (χ0v) is 11.1. The molecule has 0 atom stereocenters. The zero-order valence-electron chi connectivity index (χ0n) is 8.74. The number of nitrogens with two attached hydrogens (primary N) is 1. The van der Waals surface area contributed by atoms with Gasteiger partial charge in [0.2, 0.25) is 10.0 Å². The summed E-state index contributed by atoms with van der Waals surface area (Å²) in [5.74, 6) is -0.361. The van der Waals surface area contributed by atoms with E-state index < -0.39 is 10.0 Å². The van der Waals surface area contributed by atoms with E-state index >= 15 is 0 Å². The van der Waals surface area contributed by atoms with Crippen LogP contribution >= 0.6 is 15.9 Å². The number of primary sulfonamides is 1. The molecule has 1 rings (SSSR count). The minimum Gasteiger partial charge on any atom is -0.355 e. The van der Waals surface area contributed by atoms with Crippen molar-refractivity contribution < 1.29 is 13.2 Å². The van der Waals surface area contributed by atoms with Crippen molar-refractivity contribution in [3.8, 4) is 0 Å². The van der Waals surface area contributed by atoms with Crippen LogP contribution < -0.4 is 10.5 Å². The average Bonchev–Trinajstić information content (AvgIpc) is 2.18. The molecule has 0 bridgehead atoms. The fourth-order valence-electron chi connectivity index (χ4n) is 1.22. The fourth-order valence-corrected chi connectivity index (χ4v) is 2.83. The zero-order chi connectivity index (χ0) is 12.5. The first-order chi connectivity index (χ1) is 7.27. The molecule has 0 spiro atoms. The largest absolute Gasteiger partial charge is 0.355 e. The summed E-state index contributed by atoms with van der Waals surface area (Å²) in [6, 6.07) is 2.82. The molecule has 0 aromatic heterocycles. The van der Waals surface area contributed by atoms with Crippen LogP contribution in [0.15, 0.2) is 21.5 Å². The van der Waals surface area contributed by atoms with Gasteiger partial charge in [-0.2, -0.15) is 0 Å². The Morgan fingerprint density at radius 1 is 1.44 bits per heavy atom. The number of carbonyl (C=O) groups excluding carboxylic acids is 1. The van der Waals surface area contributed by atoms with Crippen molar-refractivity contribution in [1.82, 2.24) is 5.32 Å². The predicted molar refractivity (Wildman–Crippen MR) is 63.6 cm³/mol. The summed E-state index contributed by atoms with van der Waals surface area (Å²) in [4.78, 5) is 11.3. The summed E-state index contributed by atoms with van der Waals surface area (Å²) in [5, 5.41) is 7.46. The Balaban J connectivity index is 3.52. The Hall–Kier alpha value is -0.920. The Morgan fingerprint density at radius 2 is 2.00 bits per heavy atom. The Morgan fingerprint density at radius 3 is 2.44 bits per heavy atom. The highest BCUT2D eigenvalue weighted by molar-refractivity contribution is 9.10. The number of amides is 1. The van der Waals surface area contributed by atoms with Gasteiger partial charge >= 0.3 is 0 Å². The lowest BCUT2D eigenvalue weighted by Gasteiger charge is -2.08. The first kappa shape index (κ1) is 13.1. The van der Waals surface area contributed by atoms with Crippen LogP contribution in [-0.4, -0.2) is 21.4 Å². The number of hydrogen-bond acceptors (Lipinski definition) is 3. The standard InChI is InChI=1S/C9H11BrN2O3S/c1-5-3-6(9(13)12-2)4-7(8(5)10)16(11,14)15/h3-4H,1-2H3,(H,12,13)(H2,11,14,15). The number of carbonyl (C=O) groups is 1. The first-order valence-corrected chi connectivity index (χ1v) is 6.66. The summed E-state index contributed by atoms with van der Waals surface area (Å²) in [6.45, 7) is 1.69. The van der Waals surface area contributed by atoms with Crippen LogP contribution in [0.3, 0.4) is 0 Å². The molecule has 0 aliphatic carbocycles. The molecule has 1 amide bonds. The van der Waals surface area contributed by atoms with Crippen LogP contribution in [0.25, 0.3) is 0 Å². The molecule has 1 aromatic carbocycles. The lowest BCUT2D eigenvalue weighted by molar-refractivity contribution is 0.0963. The predicted octanol–water partition coefficient (Wildman–Crippen LogP) is 0.765. The monoisotopic (exact) mass is 306 g/mol. The average molecular weight is 307 g/mol. The summed E-state index contributed by atoms with van der Waals surface area (Å²) >= 11 is 3.13. The second-order valence-electron chi connectivity index (χ2n) is 3.23. The summed E-state index contributed by atoms with van der Waals surface area (Å²) < 4.78 is 22.9. The maximum Gasteiger partial charge on any atom is 0.251 e. The van der Waals surface area contributed by atoms with Crippen molar-refractivity contribution in [3.63, 3.8) is 0 Å². The highest BCUT2D eigenvalue weighted by Gasteiger charge is 2.17. The minimum absolute atomic E-state index is 0.0916. The smallest absolute Gasteiger partial charge is 0.251 e. The molecule has 5 nitrogen and oxygen atoms in total. The Kier molecular flexibility index (Phi) is 3.72. The van der Waals surface area contributed by atoms with Gasteiger partial charge in [-0.25, -0.2) is 13.6 Å². The van der Waals surface area contributed by atoms with Gasteiger partial charge in [-0.05, 0) is 40.5 Å². The Labute approximate surface area is 102 Å². The molecular weight excluding hydrogens is 296 g/mol.